The lowest BCUT2D eigenvalue weighted by Gasteiger charge is -2.29. The number of anilines is 2. The van der Waals surface area contributed by atoms with Crippen molar-refractivity contribution in [1.29, 1.82) is 0 Å². The minimum absolute atomic E-state index is 0.301. The first-order valence-electron chi connectivity index (χ1n) is 13.2. The van der Waals surface area contributed by atoms with Crippen LogP contribution in [-0.4, -0.2) is 49.0 Å². The van der Waals surface area contributed by atoms with E-state index in [0.29, 0.717) is 29.3 Å². The van der Waals surface area contributed by atoms with Crippen molar-refractivity contribution >= 4 is 32.7 Å². The number of para-hydroxylation sites is 1. The van der Waals surface area contributed by atoms with Crippen LogP contribution >= 0.6 is 0 Å². The molecule has 0 saturated heterocycles. The number of benzene rings is 2. The van der Waals surface area contributed by atoms with Gasteiger partial charge in [0, 0.05) is 44.5 Å². The lowest BCUT2D eigenvalue weighted by Crippen LogP contribution is -2.31. The fraction of sp³-hybridized carbons (Fsp3) is 0.379. The molecule has 0 amide bonds. The second kappa shape index (κ2) is 11.1. The summed E-state index contributed by atoms with van der Waals surface area (Å²) >= 11 is 0. The molecule has 1 aliphatic rings. The van der Waals surface area contributed by atoms with E-state index in [0.717, 1.165) is 60.1 Å². The summed E-state index contributed by atoms with van der Waals surface area (Å²) in [5, 5.41) is 8.16. The van der Waals surface area contributed by atoms with Crippen LogP contribution in [0.15, 0.2) is 71.9 Å². The molecule has 38 heavy (non-hydrogen) atoms. The van der Waals surface area contributed by atoms with Crippen molar-refractivity contribution in [2.75, 3.05) is 30.9 Å². The van der Waals surface area contributed by atoms with Gasteiger partial charge in [0.2, 0.25) is 5.95 Å². The Morgan fingerprint density at radius 3 is 2.45 bits per heavy atom. The summed E-state index contributed by atoms with van der Waals surface area (Å²) in [5.74, 6) is 2.22. The number of nitrogens with one attached hydrogen (secondary N) is 2. The predicted octanol–water partition coefficient (Wildman–Crippen LogP) is 4.80. The van der Waals surface area contributed by atoms with Gasteiger partial charge in [-0.1, -0.05) is 29.8 Å². The molecule has 1 fully saturated rings. The summed E-state index contributed by atoms with van der Waals surface area (Å²) in [6.07, 6.45) is 7.73. The average Bonchev–Trinajstić information content (AvgIpc) is 3.39. The highest BCUT2D eigenvalue weighted by Gasteiger charge is 2.22. The van der Waals surface area contributed by atoms with E-state index in [1.165, 1.54) is 3.97 Å². The molecule has 0 unspecified atom stereocenters. The minimum Gasteiger partial charge on any atom is -0.362 e. The van der Waals surface area contributed by atoms with E-state index in [1.54, 1.807) is 24.5 Å². The van der Waals surface area contributed by atoms with Crippen LogP contribution in [0.25, 0.3) is 10.9 Å². The molecule has 4 aromatic rings. The molecular formula is C29H36N6O2S. The van der Waals surface area contributed by atoms with Crippen molar-refractivity contribution in [3.8, 4) is 0 Å². The Labute approximate surface area is 225 Å². The average molecular weight is 533 g/mol. The van der Waals surface area contributed by atoms with Crippen molar-refractivity contribution in [3.63, 3.8) is 0 Å². The molecule has 2 aromatic carbocycles. The lowest BCUT2D eigenvalue weighted by atomic mass is 9.86. The molecule has 9 heteroatoms. The van der Waals surface area contributed by atoms with Gasteiger partial charge in [0.15, 0.2) is 0 Å². The molecule has 0 aliphatic heterocycles. The van der Waals surface area contributed by atoms with Crippen LogP contribution in [0.2, 0.25) is 0 Å². The summed E-state index contributed by atoms with van der Waals surface area (Å²) in [4.78, 5) is 11.9. The predicted molar refractivity (Wildman–Crippen MR) is 153 cm³/mol. The summed E-state index contributed by atoms with van der Waals surface area (Å²) in [7, 11) is 0.454. The van der Waals surface area contributed by atoms with E-state index in [1.807, 2.05) is 62.3 Å². The molecule has 1 aliphatic carbocycles. The highest BCUT2D eigenvalue weighted by Crippen LogP contribution is 2.28. The van der Waals surface area contributed by atoms with Gasteiger partial charge in [-0.15, -0.1) is 0 Å². The van der Waals surface area contributed by atoms with Gasteiger partial charge in [-0.05, 0) is 81.0 Å². The third-order valence-electron chi connectivity index (χ3n) is 7.27. The van der Waals surface area contributed by atoms with Crippen LogP contribution in [0.4, 0.5) is 11.8 Å². The summed E-state index contributed by atoms with van der Waals surface area (Å²) < 4.78 is 27.1. The molecule has 0 atom stereocenters. The van der Waals surface area contributed by atoms with Crippen LogP contribution in [-0.2, 0) is 16.6 Å². The number of rotatable bonds is 9. The van der Waals surface area contributed by atoms with Crippen molar-refractivity contribution in [2.45, 2.75) is 50.1 Å². The number of nitrogens with zero attached hydrogens (tertiary/aromatic N) is 4. The zero-order valence-corrected chi connectivity index (χ0v) is 23.1. The molecular weight excluding hydrogens is 496 g/mol. The lowest BCUT2D eigenvalue weighted by molar-refractivity contribution is 0.324. The largest absolute Gasteiger partial charge is 0.362 e. The summed E-state index contributed by atoms with van der Waals surface area (Å²) in [6.45, 7) is 3.51. The van der Waals surface area contributed by atoms with Gasteiger partial charge in [-0.25, -0.2) is 17.4 Å². The molecule has 0 spiro atoms. The monoisotopic (exact) mass is 532 g/mol. The molecule has 0 radical (unpaired) electrons. The van der Waals surface area contributed by atoms with Gasteiger partial charge in [0.1, 0.15) is 5.82 Å². The first kappa shape index (κ1) is 26.2. The van der Waals surface area contributed by atoms with E-state index < -0.39 is 10.0 Å². The Morgan fingerprint density at radius 2 is 1.71 bits per heavy atom. The summed E-state index contributed by atoms with van der Waals surface area (Å²) in [6, 6.07) is 17.3. The topological polar surface area (TPSA) is 92.2 Å². The zero-order chi connectivity index (χ0) is 26.7. The Morgan fingerprint density at radius 1 is 0.974 bits per heavy atom. The van der Waals surface area contributed by atoms with E-state index in [9.17, 15) is 8.42 Å². The molecule has 8 nitrogen and oxygen atoms in total. The highest BCUT2D eigenvalue weighted by atomic mass is 32.2. The quantitative estimate of drug-likeness (QED) is 0.320. The van der Waals surface area contributed by atoms with Gasteiger partial charge in [-0.3, -0.25) is 0 Å². The van der Waals surface area contributed by atoms with E-state index in [4.69, 9.17) is 9.97 Å². The molecule has 0 bridgehead atoms. The fourth-order valence-electron chi connectivity index (χ4n) is 5.08. The minimum atomic E-state index is -3.56. The molecule has 2 heterocycles. The van der Waals surface area contributed by atoms with Crippen LogP contribution in [0, 0.1) is 12.8 Å². The number of hydrogen-bond donors (Lipinski definition) is 2. The summed E-state index contributed by atoms with van der Waals surface area (Å²) in [5.41, 5.74) is 2.94. The maximum Gasteiger partial charge on any atom is 0.267 e. The SMILES string of the molecule is Cc1ccc(S(=O)(=O)n2ccc(CNC[C@H]3CC[C@@H](Nc4nc(N(C)C)c5ccccc5n4)CC3)c2)cc1. The van der Waals surface area contributed by atoms with Gasteiger partial charge < -0.3 is 15.5 Å². The van der Waals surface area contributed by atoms with Crippen molar-refractivity contribution in [3.05, 3.63) is 78.1 Å². The van der Waals surface area contributed by atoms with Gasteiger partial charge in [0.05, 0.1) is 10.4 Å². The van der Waals surface area contributed by atoms with Gasteiger partial charge >= 0.3 is 0 Å². The van der Waals surface area contributed by atoms with Crippen LogP contribution in [0.1, 0.15) is 36.8 Å². The second-order valence-electron chi connectivity index (χ2n) is 10.4. The molecule has 5 rings (SSSR count). The highest BCUT2D eigenvalue weighted by molar-refractivity contribution is 7.90. The molecule has 2 aromatic heterocycles. The Bertz CT molecular complexity index is 1490. The normalized spacial score (nSPS) is 18.0. The van der Waals surface area contributed by atoms with Crippen molar-refractivity contribution < 1.29 is 8.42 Å². The number of hydrogen-bond acceptors (Lipinski definition) is 7. The first-order chi connectivity index (χ1) is 18.3. The number of aromatic nitrogens is 3. The molecule has 1 saturated carbocycles. The maximum absolute atomic E-state index is 12.9. The van der Waals surface area contributed by atoms with E-state index in [-0.39, 0.29) is 0 Å². The first-order valence-corrected chi connectivity index (χ1v) is 14.6. The third kappa shape index (κ3) is 5.84. The Kier molecular flexibility index (Phi) is 7.67. The van der Waals surface area contributed by atoms with Crippen molar-refractivity contribution in [1.82, 2.24) is 19.3 Å². The fourth-order valence-corrected chi connectivity index (χ4v) is 6.30. The smallest absolute Gasteiger partial charge is 0.267 e. The van der Waals surface area contributed by atoms with E-state index in [2.05, 4.69) is 16.7 Å². The Balaban J connectivity index is 1.11. The van der Waals surface area contributed by atoms with E-state index >= 15 is 0 Å². The zero-order valence-electron chi connectivity index (χ0n) is 22.3. The maximum atomic E-state index is 12.9. The van der Waals surface area contributed by atoms with Crippen LogP contribution < -0.4 is 15.5 Å². The third-order valence-corrected chi connectivity index (χ3v) is 8.92. The molecule has 2 N–H and O–H groups in total. The van der Waals surface area contributed by atoms with Gasteiger partial charge in [0.25, 0.3) is 10.0 Å². The molecule has 200 valence electrons. The Hall–Kier alpha value is -3.43. The second-order valence-corrected chi connectivity index (χ2v) is 12.3. The van der Waals surface area contributed by atoms with Crippen LogP contribution in [0.3, 0.4) is 0 Å². The van der Waals surface area contributed by atoms with Crippen molar-refractivity contribution in [2.24, 2.45) is 5.92 Å². The standard InChI is InChI=1S/C29H36N6O2S/c1-21-8-14-25(15-9-21)38(36,37)35-17-16-23(20-35)19-30-18-22-10-12-24(13-11-22)31-29-32-27-7-5-4-6-26(27)28(33-29)34(2)3/h4-9,14-17,20,22,24,30H,10-13,18-19H2,1-3H3,(H,31,32,33)/t22-,24+. The number of aryl methyl sites for hydroxylation is 1. The van der Waals surface area contributed by atoms with Crippen LogP contribution in [0.5, 0.6) is 0 Å². The number of fused-ring (bicyclic) bond motifs is 1. The van der Waals surface area contributed by atoms with Gasteiger partial charge in [-0.2, -0.15) is 4.98 Å².